The van der Waals surface area contributed by atoms with Crippen molar-refractivity contribution in [2.45, 2.75) is 6.18 Å². The molecular formula is C8H5F4NO3S. The van der Waals surface area contributed by atoms with Gasteiger partial charge in [-0.05, 0) is 18.2 Å². The summed E-state index contributed by atoms with van der Waals surface area (Å²) in [5.41, 5.74) is -2.23. The Morgan fingerprint density at radius 1 is 1.24 bits per heavy atom. The SMILES string of the molecule is O=C(N[SH](=O)=O)c1cc(C(F)(F)F)ccc1F. The molecule has 4 nitrogen and oxygen atoms in total. The maximum Gasteiger partial charge on any atom is 0.416 e. The molecule has 1 amide bonds. The summed E-state index contributed by atoms with van der Waals surface area (Å²) in [7, 11) is -3.36. The molecule has 0 heterocycles. The third-order valence-corrected chi connectivity index (χ3v) is 2.12. The minimum atomic E-state index is -4.75. The molecule has 0 saturated carbocycles. The standard InChI is InChI=1S/C8H5F4NO3S/c9-6-2-1-4(8(10,11)12)3-5(6)7(14)13-17(15)16/h1-3,17H,(H,13,14,15,16). The van der Waals surface area contributed by atoms with E-state index in [9.17, 15) is 30.8 Å². The number of carbonyl (C=O) groups is 1. The van der Waals surface area contributed by atoms with E-state index in [1.807, 2.05) is 0 Å². The molecule has 1 aromatic carbocycles. The fourth-order valence-corrected chi connectivity index (χ4v) is 1.31. The maximum absolute atomic E-state index is 13.0. The molecule has 0 atom stereocenters. The number of thiol groups is 1. The number of nitrogens with one attached hydrogen (secondary N) is 1. The van der Waals surface area contributed by atoms with Gasteiger partial charge in [-0.1, -0.05) is 0 Å². The van der Waals surface area contributed by atoms with Crippen LogP contribution in [0.15, 0.2) is 18.2 Å². The zero-order chi connectivity index (χ0) is 13.2. The topological polar surface area (TPSA) is 63.2 Å². The molecule has 1 N–H and O–H groups in total. The predicted molar refractivity (Wildman–Crippen MR) is 49.2 cm³/mol. The van der Waals surface area contributed by atoms with Crippen LogP contribution in [0.5, 0.6) is 0 Å². The Hall–Kier alpha value is -1.64. The molecule has 17 heavy (non-hydrogen) atoms. The van der Waals surface area contributed by atoms with Crippen LogP contribution in [0, 0.1) is 5.82 Å². The number of carbonyl (C=O) groups excluding carboxylic acids is 1. The summed E-state index contributed by atoms with van der Waals surface area (Å²) in [6, 6.07) is 1.13. The Labute approximate surface area is 94.3 Å². The van der Waals surface area contributed by atoms with Crippen molar-refractivity contribution in [1.29, 1.82) is 0 Å². The first-order chi connectivity index (χ1) is 7.71. The third kappa shape index (κ3) is 3.41. The van der Waals surface area contributed by atoms with E-state index in [2.05, 4.69) is 0 Å². The predicted octanol–water partition coefficient (Wildman–Crippen LogP) is 1.10. The van der Waals surface area contributed by atoms with Crippen LogP contribution in [-0.4, -0.2) is 14.3 Å². The van der Waals surface area contributed by atoms with E-state index in [1.165, 1.54) is 4.72 Å². The first kappa shape index (κ1) is 13.4. The summed E-state index contributed by atoms with van der Waals surface area (Å²) >= 11 is 0. The van der Waals surface area contributed by atoms with E-state index < -0.39 is 39.9 Å². The van der Waals surface area contributed by atoms with E-state index in [1.54, 1.807) is 0 Å². The van der Waals surface area contributed by atoms with Gasteiger partial charge in [-0.2, -0.15) is 13.2 Å². The quantitative estimate of drug-likeness (QED) is 0.625. The van der Waals surface area contributed by atoms with Gasteiger partial charge in [0.15, 0.2) is 0 Å². The molecule has 1 rings (SSSR count). The second-order valence-corrected chi connectivity index (χ2v) is 3.63. The molecule has 0 saturated heterocycles. The van der Waals surface area contributed by atoms with Crippen LogP contribution in [0.1, 0.15) is 15.9 Å². The van der Waals surface area contributed by atoms with Crippen LogP contribution >= 0.6 is 0 Å². The van der Waals surface area contributed by atoms with Crippen molar-refractivity contribution in [3.05, 3.63) is 35.1 Å². The highest BCUT2D eigenvalue weighted by atomic mass is 32.2. The van der Waals surface area contributed by atoms with Crippen molar-refractivity contribution >= 4 is 16.8 Å². The van der Waals surface area contributed by atoms with Gasteiger partial charge < -0.3 is 0 Å². The van der Waals surface area contributed by atoms with Crippen LogP contribution in [0.4, 0.5) is 17.6 Å². The molecule has 0 spiro atoms. The van der Waals surface area contributed by atoms with E-state index in [0.717, 1.165) is 0 Å². The lowest BCUT2D eigenvalue weighted by molar-refractivity contribution is -0.137. The Bertz CT molecular complexity index is 516. The molecule has 94 valence electrons. The Balaban J connectivity index is 3.19. The normalized spacial score (nSPS) is 11.6. The van der Waals surface area contributed by atoms with Crippen molar-refractivity contribution in [3.8, 4) is 0 Å². The summed E-state index contributed by atoms with van der Waals surface area (Å²) in [6.07, 6.45) is -4.75. The summed E-state index contributed by atoms with van der Waals surface area (Å²) in [6.45, 7) is 0. The van der Waals surface area contributed by atoms with Gasteiger partial charge in [0.05, 0.1) is 11.1 Å². The molecule has 0 aliphatic carbocycles. The van der Waals surface area contributed by atoms with Crippen molar-refractivity contribution in [2.24, 2.45) is 0 Å². The van der Waals surface area contributed by atoms with Crippen LogP contribution in [0.2, 0.25) is 0 Å². The monoisotopic (exact) mass is 271 g/mol. The van der Waals surface area contributed by atoms with Gasteiger partial charge in [-0.15, -0.1) is 0 Å². The fraction of sp³-hybridized carbons (Fsp3) is 0.125. The van der Waals surface area contributed by atoms with Gasteiger partial charge in [0.2, 0.25) is 10.9 Å². The van der Waals surface area contributed by atoms with Gasteiger partial charge in [0.25, 0.3) is 5.91 Å². The fourth-order valence-electron chi connectivity index (χ4n) is 1.02. The van der Waals surface area contributed by atoms with Crippen LogP contribution in [-0.2, 0) is 17.1 Å². The van der Waals surface area contributed by atoms with Crippen LogP contribution in [0.25, 0.3) is 0 Å². The second-order valence-electron chi connectivity index (χ2n) is 2.89. The van der Waals surface area contributed by atoms with Crippen molar-refractivity contribution < 1.29 is 30.8 Å². The smallest absolute Gasteiger partial charge is 0.268 e. The number of hydrogen-bond acceptors (Lipinski definition) is 3. The van der Waals surface area contributed by atoms with Gasteiger partial charge in [-0.3, -0.25) is 9.52 Å². The Kier molecular flexibility index (Phi) is 3.71. The first-order valence-electron chi connectivity index (χ1n) is 4.04. The average Bonchev–Trinajstić information content (AvgIpc) is 2.15. The number of benzene rings is 1. The molecule has 0 unspecified atom stereocenters. The van der Waals surface area contributed by atoms with Gasteiger partial charge >= 0.3 is 6.18 Å². The van der Waals surface area contributed by atoms with E-state index in [0.29, 0.717) is 12.1 Å². The van der Waals surface area contributed by atoms with E-state index >= 15 is 0 Å². The van der Waals surface area contributed by atoms with Gasteiger partial charge in [-0.25, -0.2) is 12.8 Å². The van der Waals surface area contributed by atoms with Gasteiger partial charge in [0, 0.05) is 0 Å². The molecular weight excluding hydrogens is 266 g/mol. The largest absolute Gasteiger partial charge is 0.416 e. The molecule has 9 heteroatoms. The number of hydrogen-bond donors (Lipinski definition) is 2. The molecule has 0 aliphatic heterocycles. The van der Waals surface area contributed by atoms with Crippen LogP contribution in [0.3, 0.4) is 0 Å². The highest BCUT2D eigenvalue weighted by molar-refractivity contribution is 7.71. The van der Waals surface area contributed by atoms with Gasteiger partial charge in [0.1, 0.15) is 5.82 Å². The van der Waals surface area contributed by atoms with Crippen molar-refractivity contribution in [1.82, 2.24) is 4.72 Å². The first-order valence-corrected chi connectivity index (χ1v) is 5.21. The van der Waals surface area contributed by atoms with Crippen molar-refractivity contribution in [3.63, 3.8) is 0 Å². The lowest BCUT2D eigenvalue weighted by Crippen LogP contribution is -2.23. The number of alkyl halides is 3. The summed E-state index contributed by atoms with van der Waals surface area (Å²) in [5, 5.41) is 0. The minimum Gasteiger partial charge on any atom is -0.268 e. The number of amides is 1. The highest BCUT2D eigenvalue weighted by Crippen LogP contribution is 2.30. The molecule has 0 radical (unpaired) electrons. The summed E-state index contributed by atoms with van der Waals surface area (Å²) in [4.78, 5) is 11.1. The van der Waals surface area contributed by atoms with Crippen LogP contribution < -0.4 is 4.72 Å². The molecule has 0 fully saturated rings. The molecule has 0 aromatic heterocycles. The molecule has 1 aromatic rings. The highest BCUT2D eigenvalue weighted by Gasteiger charge is 2.31. The maximum atomic E-state index is 13.0. The number of rotatable bonds is 2. The average molecular weight is 271 g/mol. The van der Waals surface area contributed by atoms with E-state index in [-0.39, 0.29) is 6.07 Å². The Morgan fingerprint density at radius 3 is 2.29 bits per heavy atom. The van der Waals surface area contributed by atoms with E-state index in [4.69, 9.17) is 0 Å². The van der Waals surface area contributed by atoms with Crippen molar-refractivity contribution in [2.75, 3.05) is 0 Å². The summed E-state index contributed by atoms with van der Waals surface area (Å²) < 4.78 is 71.3. The zero-order valence-corrected chi connectivity index (χ0v) is 8.81. The lowest BCUT2D eigenvalue weighted by Gasteiger charge is -2.08. The molecule has 0 bridgehead atoms. The number of halogens is 4. The minimum absolute atomic E-state index is 0.240. The Morgan fingerprint density at radius 2 is 1.82 bits per heavy atom. The zero-order valence-electron chi connectivity index (χ0n) is 7.92. The third-order valence-electron chi connectivity index (χ3n) is 1.73. The second kappa shape index (κ2) is 4.70. The summed E-state index contributed by atoms with van der Waals surface area (Å²) in [5.74, 6) is -2.70. The molecule has 0 aliphatic rings. The lowest BCUT2D eigenvalue weighted by atomic mass is 10.1.